The van der Waals surface area contributed by atoms with Crippen LogP contribution in [0.15, 0.2) is 22.8 Å². The summed E-state index contributed by atoms with van der Waals surface area (Å²) in [6, 6.07) is 4.18. The minimum atomic E-state index is 0.000521. The first-order valence-electron chi connectivity index (χ1n) is 7.25. The molecule has 2 rings (SSSR count). The number of carbonyl (C=O) groups excluding carboxylic acids is 1. The summed E-state index contributed by atoms with van der Waals surface area (Å²) in [5.74, 6) is 1.08. The largest absolute Gasteiger partial charge is 0.467 e. The van der Waals surface area contributed by atoms with E-state index in [0.717, 1.165) is 25.0 Å². The number of nitrogens with zero attached hydrogens (tertiary/aromatic N) is 1. The third kappa shape index (κ3) is 3.60. The summed E-state index contributed by atoms with van der Waals surface area (Å²) in [6.45, 7) is 3.12. The number of carbonyl (C=O) groups is 1. The van der Waals surface area contributed by atoms with Crippen LogP contribution in [0.5, 0.6) is 0 Å². The van der Waals surface area contributed by atoms with Crippen molar-refractivity contribution in [2.24, 2.45) is 11.7 Å². The molecule has 1 atom stereocenters. The molecular formula is C15H24N2O2. The van der Waals surface area contributed by atoms with Crippen LogP contribution in [0.2, 0.25) is 0 Å². The Balaban J connectivity index is 2.06. The summed E-state index contributed by atoms with van der Waals surface area (Å²) in [5, 5.41) is 0. The van der Waals surface area contributed by atoms with Gasteiger partial charge < -0.3 is 15.1 Å². The zero-order valence-electron chi connectivity index (χ0n) is 11.7. The number of rotatable bonds is 6. The fourth-order valence-corrected chi connectivity index (χ4v) is 2.83. The minimum Gasteiger partial charge on any atom is -0.467 e. The van der Waals surface area contributed by atoms with E-state index in [2.05, 4.69) is 0 Å². The van der Waals surface area contributed by atoms with Crippen LogP contribution in [-0.2, 0) is 11.3 Å². The molecule has 1 unspecified atom stereocenters. The van der Waals surface area contributed by atoms with Crippen molar-refractivity contribution in [2.45, 2.75) is 51.6 Å². The summed E-state index contributed by atoms with van der Waals surface area (Å²) < 4.78 is 5.39. The molecule has 2 N–H and O–H groups in total. The molecule has 0 saturated heterocycles. The Labute approximate surface area is 114 Å². The minimum absolute atomic E-state index is 0.000521. The third-order valence-corrected chi connectivity index (χ3v) is 3.98. The Hall–Kier alpha value is -1.29. The van der Waals surface area contributed by atoms with E-state index in [-0.39, 0.29) is 11.8 Å². The Morgan fingerprint density at radius 2 is 2.26 bits per heavy atom. The second-order valence-corrected chi connectivity index (χ2v) is 5.46. The van der Waals surface area contributed by atoms with Gasteiger partial charge in [0, 0.05) is 12.0 Å². The molecule has 1 fully saturated rings. The maximum Gasteiger partial charge on any atom is 0.226 e. The molecule has 0 aliphatic heterocycles. The number of amides is 1. The van der Waals surface area contributed by atoms with Crippen molar-refractivity contribution < 1.29 is 9.21 Å². The van der Waals surface area contributed by atoms with Crippen molar-refractivity contribution in [1.82, 2.24) is 4.90 Å². The van der Waals surface area contributed by atoms with E-state index in [9.17, 15) is 4.79 Å². The predicted octanol–water partition coefficient (Wildman–Crippen LogP) is 2.54. The first-order valence-corrected chi connectivity index (χ1v) is 7.25. The Morgan fingerprint density at radius 3 is 2.84 bits per heavy atom. The van der Waals surface area contributed by atoms with E-state index < -0.39 is 0 Å². The smallest absolute Gasteiger partial charge is 0.226 e. The lowest BCUT2D eigenvalue weighted by Crippen LogP contribution is -2.41. The molecule has 1 aliphatic carbocycles. The van der Waals surface area contributed by atoms with Crippen molar-refractivity contribution in [2.75, 3.05) is 6.54 Å². The van der Waals surface area contributed by atoms with Crippen LogP contribution in [0, 0.1) is 5.92 Å². The lowest BCUT2D eigenvalue weighted by Gasteiger charge is -2.30. The highest BCUT2D eigenvalue weighted by Crippen LogP contribution is 2.27. The molecule has 0 bridgehead atoms. The number of hydrogen-bond donors (Lipinski definition) is 1. The monoisotopic (exact) mass is 264 g/mol. The molecule has 4 heteroatoms. The van der Waals surface area contributed by atoms with E-state index in [1.807, 2.05) is 24.0 Å². The van der Waals surface area contributed by atoms with E-state index in [4.69, 9.17) is 10.2 Å². The summed E-state index contributed by atoms with van der Waals surface area (Å²) in [6.07, 6.45) is 7.08. The number of nitrogens with two attached hydrogens (primary N) is 1. The Kier molecular flexibility index (Phi) is 5.02. The van der Waals surface area contributed by atoms with Gasteiger partial charge in [-0.15, -0.1) is 0 Å². The topological polar surface area (TPSA) is 59.5 Å². The van der Waals surface area contributed by atoms with Crippen LogP contribution in [-0.4, -0.2) is 23.4 Å². The van der Waals surface area contributed by atoms with Crippen LogP contribution in [0.25, 0.3) is 0 Å². The molecule has 1 aromatic heterocycles. The van der Waals surface area contributed by atoms with Gasteiger partial charge in [-0.2, -0.15) is 0 Å². The molecule has 19 heavy (non-hydrogen) atoms. The molecule has 1 heterocycles. The van der Waals surface area contributed by atoms with E-state index >= 15 is 0 Å². The van der Waals surface area contributed by atoms with Crippen molar-refractivity contribution >= 4 is 5.91 Å². The standard InChI is InChI=1S/C15H24N2O2/c1-12(8-9-16)15(18)17(13-5-2-3-6-13)11-14-7-4-10-19-14/h4,7,10,12-13H,2-3,5-6,8-9,11,16H2,1H3. The first-order chi connectivity index (χ1) is 9.22. The Morgan fingerprint density at radius 1 is 1.53 bits per heavy atom. The zero-order chi connectivity index (χ0) is 13.7. The van der Waals surface area contributed by atoms with Crippen molar-refractivity contribution in [3.05, 3.63) is 24.2 Å². The van der Waals surface area contributed by atoms with Gasteiger partial charge in [0.15, 0.2) is 0 Å². The fraction of sp³-hybridized carbons (Fsp3) is 0.667. The summed E-state index contributed by atoms with van der Waals surface area (Å²) in [4.78, 5) is 14.6. The maximum absolute atomic E-state index is 12.6. The van der Waals surface area contributed by atoms with Crippen LogP contribution in [0.4, 0.5) is 0 Å². The highest BCUT2D eigenvalue weighted by molar-refractivity contribution is 5.78. The average molecular weight is 264 g/mol. The van der Waals surface area contributed by atoms with Gasteiger partial charge in [-0.3, -0.25) is 4.79 Å². The fourth-order valence-electron chi connectivity index (χ4n) is 2.83. The Bertz CT molecular complexity index is 383. The van der Waals surface area contributed by atoms with Gasteiger partial charge in [-0.25, -0.2) is 0 Å². The van der Waals surface area contributed by atoms with E-state index in [1.54, 1.807) is 6.26 Å². The summed E-state index contributed by atoms with van der Waals surface area (Å²) in [7, 11) is 0. The predicted molar refractivity (Wildman–Crippen MR) is 74.3 cm³/mol. The molecule has 0 spiro atoms. The first kappa shape index (κ1) is 14.1. The zero-order valence-corrected chi connectivity index (χ0v) is 11.7. The van der Waals surface area contributed by atoms with Gasteiger partial charge in [-0.05, 0) is 37.9 Å². The average Bonchev–Trinajstić information content (AvgIpc) is 3.08. The van der Waals surface area contributed by atoms with E-state index in [0.29, 0.717) is 19.1 Å². The summed E-state index contributed by atoms with van der Waals surface area (Å²) >= 11 is 0. The van der Waals surface area contributed by atoms with Gasteiger partial charge in [0.25, 0.3) is 0 Å². The quantitative estimate of drug-likeness (QED) is 0.859. The molecule has 1 amide bonds. The van der Waals surface area contributed by atoms with Gasteiger partial charge in [-0.1, -0.05) is 19.8 Å². The molecule has 1 saturated carbocycles. The lowest BCUT2D eigenvalue weighted by atomic mass is 10.0. The molecule has 0 radical (unpaired) electrons. The second-order valence-electron chi connectivity index (χ2n) is 5.46. The van der Waals surface area contributed by atoms with Gasteiger partial charge in [0.1, 0.15) is 5.76 Å². The lowest BCUT2D eigenvalue weighted by molar-refractivity contribution is -0.138. The van der Waals surface area contributed by atoms with E-state index in [1.165, 1.54) is 12.8 Å². The van der Waals surface area contributed by atoms with Crippen LogP contribution >= 0.6 is 0 Å². The van der Waals surface area contributed by atoms with Crippen LogP contribution in [0.3, 0.4) is 0 Å². The highest BCUT2D eigenvalue weighted by Gasteiger charge is 2.29. The second kappa shape index (κ2) is 6.75. The van der Waals surface area contributed by atoms with Crippen LogP contribution in [0.1, 0.15) is 44.8 Å². The SMILES string of the molecule is CC(CCN)C(=O)N(Cc1ccco1)C1CCCC1. The van der Waals surface area contributed by atoms with Gasteiger partial charge >= 0.3 is 0 Å². The van der Waals surface area contributed by atoms with Gasteiger partial charge in [0.2, 0.25) is 5.91 Å². The number of hydrogen-bond acceptors (Lipinski definition) is 3. The molecule has 106 valence electrons. The van der Waals surface area contributed by atoms with Crippen molar-refractivity contribution in [1.29, 1.82) is 0 Å². The molecule has 4 nitrogen and oxygen atoms in total. The molecule has 1 aromatic rings. The molecule has 0 aromatic carbocycles. The normalized spacial score (nSPS) is 17.6. The van der Waals surface area contributed by atoms with Crippen LogP contribution < -0.4 is 5.73 Å². The summed E-state index contributed by atoms with van der Waals surface area (Å²) in [5.41, 5.74) is 5.57. The highest BCUT2D eigenvalue weighted by atomic mass is 16.3. The van der Waals surface area contributed by atoms with Gasteiger partial charge in [0.05, 0.1) is 12.8 Å². The molecule has 1 aliphatic rings. The van der Waals surface area contributed by atoms with Crippen molar-refractivity contribution in [3.63, 3.8) is 0 Å². The maximum atomic E-state index is 12.6. The molecular weight excluding hydrogens is 240 g/mol. The third-order valence-electron chi connectivity index (χ3n) is 3.98. The van der Waals surface area contributed by atoms with Crippen molar-refractivity contribution in [3.8, 4) is 0 Å². The number of furan rings is 1.